The van der Waals surface area contributed by atoms with E-state index in [1.807, 2.05) is 84.6 Å². The molecule has 1 aliphatic rings. The van der Waals surface area contributed by atoms with Gasteiger partial charge in [0.2, 0.25) is 5.89 Å². The fourth-order valence-electron chi connectivity index (χ4n) is 4.71. The zero-order valence-corrected chi connectivity index (χ0v) is 21.0. The monoisotopic (exact) mass is 498 g/mol. The van der Waals surface area contributed by atoms with Crippen molar-refractivity contribution in [2.75, 3.05) is 13.7 Å². The van der Waals surface area contributed by atoms with Crippen LogP contribution in [-0.2, 0) is 30.7 Å². The minimum Gasteiger partial charge on any atom is -0.497 e. The first-order valence-electron chi connectivity index (χ1n) is 12.4. The van der Waals surface area contributed by atoms with Crippen molar-refractivity contribution in [1.82, 2.24) is 9.88 Å². The van der Waals surface area contributed by atoms with E-state index in [1.54, 1.807) is 7.11 Å². The van der Waals surface area contributed by atoms with Crippen LogP contribution in [0.5, 0.6) is 11.5 Å². The summed E-state index contributed by atoms with van der Waals surface area (Å²) in [6.07, 6.45) is 1.09. The molecule has 0 amide bonds. The lowest BCUT2D eigenvalue weighted by Crippen LogP contribution is -2.45. The molecule has 0 spiro atoms. The van der Waals surface area contributed by atoms with Crippen LogP contribution in [0.3, 0.4) is 0 Å². The number of aromatic nitrogens is 1. The molecule has 1 aliphatic heterocycles. The fraction of sp³-hybridized carbons (Fsp3) is 0.267. The van der Waals surface area contributed by atoms with Gasteiger partial charge in [-0.05, 0) is 66.4 Å². The Kier molecular flexibility index (Phi) is 7.23. The van der Waals surface area contributed by atoms with Crippen molar-refractivity contribution in [2.45, 2.75) is 38.9 Å². The van der Waals surface area contributed by atoms with E-state index in [-0.39, 0.29) is 0 Å². The van der Waals surface area contributed by atoms with Crippen LogP contribution in [0, 0.1) is 6.92 Å². The second kappa shape index (κ2) is 10.9. The molecular formula is C30H30N2O5. The van der Waals surface area contributed by atoms with Gasteiger partial charge in [0.1, 0.15) is 23.3 Å². The van der Waals surface area contributed by atoms with Crippen molar-refractivity contribution in [3.05, 3.63) is 101 Å². The highest BCUT2D eigenvalue weighted by Gasteiger charge is 2.31. The fourth-order valence-corrected chi connectivity index (χ4v) is 4.71. The van der Waals surface area contributed by atoms with Gasteiger partial charge < -0.3 is 19.0 Å². The van der Waals surface area contributed by atoms with Crippen LogP contribution < -0.4 is 9.47 Å². The number of rotatable bonds is 9. The van der Waals surface area contributed by atoms with E-state index in [9.17, 15) is 9.90 Å². The molecule has 0 saturated carbocycles. The third-order valence-corrected chi connectivity index (χ3v) is 6.76. The quantitative estimate of drug-likeness (QED) is 0.336. The van der Waals surface area contributed by atoms with Gasteiger partial charge in [-0.1, -0.05) is 36.4 Å². The maximum absolute atomic E-state index is 12.0. The molecule has 7 heteroatoms. The smallest absolute Gasteiger partial charge is 0.321 e. The Bertz CT molecular complexity index is 1360. The zero-order valence-electron chi connectivity index (χ0n) is 21.0. The van der Waals surface area contributed by atoms with Gasteiger partial charge in [-0.25, -0.2) is 4.98 Å². The number of fused-ring (bicyclic) bond motifs is 1. The molecule has 190 valence electrons. The van der Waals surface area contributed by atoms with Crippen LogP contribution in [0.4, 0.5) is 0 Å². The minimum absolute atomic E-state index is 0.460. The number of carbonyl (C=O) groups is 1. The van der Waals surface area contributed by atoms with E-state index in [1.165, 1.54) is 0 Å². The topological polar surface area (TPSA) is 85.0 Å². The minimum atomic E-state index is -0.808. The molecule has 5 rings (SSSR count). The molecule has 7 nitrogen and oxygen atoms in total. The van der Waals surface area contributed by atoms with Crippen molar-refractivity contribution >= 4 is 5.97 Å². The Morgan fingerprint density at radius 3 is 2.54 bits per heavy atom. The van der Waals surface area contributed by atoms with Gasteiger partial charge in [-0.15, -0.1) is 0 Å². The van der Waals surface area contributed by atoms with Crippen LogP contribution in [0.25, 0.3) is 11.5 Å². The first kappa shape index (κ1) is 24.6. The summed E-state index contributed by atoms with van der Waals surface area (Å²) in [6.45, 7) is 3.47. The Morgan fingerprint density at radius 1 is 1.05 bits per heavy atom. The molecule has 0 radical (unpaired) electrons. The first-order valence-corrected chi connectivity index (χ1v) is 12.4. The summed E-state index contributed by atoms with van der Waals surface area (Å²) in [5, 5.41) is 9.87. The number of carboxylic acid groups (broad SMARTS) is 1. The van der Waals surface area contributed by atoms with Crippen LogP contribution in [0.2, 0.25) is 0 Å². The van der Waals surface area contributed by atoms with Gasteiger partial charge in [0.25, 0.3) is 0 Å². The SMILES string of the molecule is COc1ccc(CN2Cc3cc(OCCc4nc(-c5ccccc5)oc4C)ccc3C[C@H]2C(=O)O)cc1. The number of ether oxygens (including phenoxy) is 2. The molecule has 0 bridgehead atoms. The number of carboxylic acids is 1. The highest BCUT2D eigenvalue weighted by atomic mass is 16.5. The van der Waals surface area contributed by atoms with Gasteiger partial charge in [0.05, 0.1) is 19.4 Å². The molecule has 3 aromatic carbocycles. The molecule has 0 aliphatic carbocycles. The second-order valence-corrected chi connectivity index (χ2v) is 9.23. The van der Waals surface area contributed by atoms with E-state index < -0.39 is 12.0 Å². The van der Waals surface area contributed by atoms with Crippen molar-refractivity contribution in [1.29, 1.82) is 0 Å². The Balaban J connectivity index is 1.25. The van der Waals surface area contributed by atoms with Crippen LogP contribution in [0.15, 0.2) is 77.2 Å². The van der Waals surface area contributed by atoms with E-state index in [0.717, 1.165) is 45.2 Å². The number of hydrogen-bond acceptors (Lipinski definition) is 6. The molecule has 1 N–H and O–H groups in total. The molecule has 1 atom stereocenters. The average Bonchev–Trinajstić information content (AvgIpc) is 3.29. The molecular weight excluding hydrogens is 468 g/mol. The molecule has 0 fully saturated rings. The number of methoxy groups -OCH3 is 1. The molecule has 37 heavy (non-hydrogen) atoms. The molecule has 0 unspecified atom stereocenters. The molecule has 4 aromatic rings. The van der Waals surface area contributed by atoms with Gasteiger partial charge in [-0.2, -0.15) is 0 Å². The summed E-state index contributed by atoms with van der Waals surface area (Å²) in [7, 11) is 1.63. The summed E-state index contributed by atoms with van der Waals surface area (Å²) < 4.78 is 17.2. The average molecular weight is 499 g/mol. The lowest BCUT2D eigenvalue weighted by Gasteiger charge is -2.34. The Morgan fingerprint density at radius 2 is 1.81 bits per heavy atom. The van der Waals surface area contributed by atoms with E-state index in [4.69, 9.17) is 13.9 Å². The molecule has 1 aromatic heterocycles. The van der Waals surface area contributed by atoms with E-state index in [2.05, 4.69) is 4.98 Å². The molecule has 2 heterocycles. The summed E-state index contributed by atoms with van der Waals surface area (Å²) >= 11 is 0. The predicted octanol–water partition coefficient (Wildman–Crippen LogP) is 5.29. The lowest BCUT2D eigenvalue weighted by atomic mass is 9.93. The summed E-state index contributed by atoms with van der Waals surface area (Å²) in [4.78, 5) is 18.7. The van der Waals surface area contributed by atoms with Crippen LogP contribution >= 0.6 is 0 Å². The maximum Gasteiger partial charge on any atom is 0.321 e. The van der Waals surface area contributed by atoms with Crippen LogP contribution in [-0.4, -0.2) is 40.7 Å². The summed E-state index contributed by atoms with van der Waals surface area (Å²) in [6, 6.07) is 22.9. The van der Waals surface area contributed by atoms with Gasteiger partial charge in [-0.3, -0.25) is 9.69 Å². The zero-order chi connectivity index (χ0) is 25.8. The number of aliphatic carboxylic acids is 1. The largest absolute Gasteiger partial charge is 0.497 e. The highest BCUT2D eigenvalue weighted by Crippen LogP contribution is 2.29. The Hall–Kier alpha value is -4.10. The standard InChI is InChI=1S/C30H30N2O5/c1-20-27(31-29(37-20)22-6-4-3-5-7-22)14-15-36-26-13-10-23-17-28(30(33)34)32(19-24(23)16-26)18-21-8-11-25(35-2)12-9-21/h3-13,16,28H,14-15,17-19H2,1-2H3,(H,33,34)/t28-/m0/s1. The Labute approximate surface area is 216 Å². The molecule has 0 saturated heterocycles. The normalized spacial score (nSPS) is 15.2. The van der Waals surface area contributed by atoms with E-state index in [0.29, 0.717) is 38.4 Å². The number of nitrogens with zero attached hydrogens (tertiary/aromatic N) is 2. The number of hydrogen-bond donors (Lipinski definition) is 1. The van der Waals surface area contributed by atoms with Crippen LogP contribution in [0.1, 0.15) is 28.1 Å². The van der Waals surface area contributed by atoms with Crippen molar-refractivity contribution < 1.29 is 23.8 Å². The predicted molar refractivity (Wildman–Crippen MR) is 140 cm³/mol. The van der Waals surface area contributed by atoms with Crippen molar-refractivity contribution in [3.63, 3.8) is 0 Å². The first-order chi connectivity index (χ1) is 18.0. The third kappa shape index (κ3) is 5.67. The number of aryl methyl sites for hydroxylation is 1. The number of benzene rings is 3. The van der Waals surface area contributed by atoms with Crippen molar-refractivity contribution in [3.8, 4) is 23.0 Å². The van der Waals surface area contributed by atoms with Gasteiger partial charge in [0, 0.05) is 25.1 Å². The van der Waals surface area contributed by atoms with Gasteiger partial charge in [0.15, 0.2) is 0 Å². The second-order valence-electron chi connectivity index (χ2n) is 9.23. The summed E-state index contributed by atoms with van der Waals surface area (Å²) in [5.74, 6) is 2.15. The third-order valence-electron chi connectivity index (χ3n) is 6.76. The highest BCUT2D eigenvalue weighted by molar-refractivity contribution is 5.74. The summed E-state index contributed by atoms with van der Waals surface area (Å²) in [5.41, 5.74) is 5.01. The van der Waals surface area contributed by atoms with E-state index >= 15 is 0 Å². The maximum atomic E-state index is 12.0. The number of oxazole rings is 1. The van der Waals surface area contributed by atoms with Gasteiger partial charge >= 0.3 is 5.97 Å². The lowest BCUT2D eigenvalue weighted by molar-refractivity contribution is -0.144. The van der Waals surface area contributed by atoms with Crippen molar-refractivity contribution in [2.24, 2.45) is 0 Å².